The quantitative estimate of drug-likeness (QED) is 0.479. The van der Waals surface area contributed by atoms with Crippen LogP contribution in [-0.2, 0) is 4.74 Å². The van der Waals surface area contributed by atoms with Crippen molar-refractivity contribution in [1.29, 1.82) is 0 Å². The first kappa shape index (κ1) is 15.9. The van der Waals surface area contributed by atoms with E-state index in [0.717, 1.165) is 43.9 Å². The number of non-ortho nitro benzene ring substituents is 2. The Morgan fingerprint density at radius 2 is 1.55 bits per heavy atom. The van der Waals surface area contributed by atoms with Crippen LogP contribution in [0.2, 0.25) is 0 Å². The highest BCUT2D eigenvalue weighted by atomic mass is 16.6. The van der Waals surface area contributed by atoms with Gasteiger partial charge in [-0.2, -0.15) is 0 Å². The molecule has 1 aromatic rings. The third kappa shape index (κ3) is 3.78. The van der Waals surface area contributed by atoms with Gasteiger partial charge in [-0.3, -0.25) is 20.2 Å². The molecule has 1 fully saturated rings. The summed E-state index contributed by atoms with van der Waals surface area (Å²) in [5.74, 6) is -0.166. The van der Waals surface area contributed by atoms with Gasteiger partial charge in [-0.05, 0) is 31.6 Å². The Hall–Kier alpha value is -2.51. The molecule has 0 bridgehead atoms. The van der Waals surface area contributed by atoms with Crippen molar-refractivity contribution in [1.82, 2.24) is 0 Å². The number of hydrogen-bond acceptors (Lipinski definition) is 6. The largest absolute Gasteiger partial charge is 0.459 e. The van der Waals surface area contributed by atoms with Gasteiger partial charge in [-0.25, -0.2) is 4.79 Å². The molecule has 0 aromatic heterocycles. The highest BCUT2D eigenvalue weighted by Gasteiger charge is 2.25. The molecule has 0 N–H and O–H groups in total. The maximum absolute atomic E-state index is 12.1. The first-order chi connectivity index (χ1) is 10.4. The maximum atomic E-state index is 12.1. The summed E-state index contributed by atoms with van der Waals surface area (Å²) in [6.45, 7) is 2.13. The van der Waals surface area contributed by atoms with E-state index in [9.17, 15) is 25.0 Å². The Balaban J connectivity index is 2.18. The summed E-state index contributed by atoms with van der Waals surface area (Å²) in [6.07, 6.45) is 3.15. The summed E-state index contributed by atoms with van der Waals surface area (Å²) in [5.41, 5.74) is -1.17. The smallest absolute Gasteiger partial charge is 0.338 e. The highest BCUT2D eigenvalue weighted by molar-refractivity contribution is 5.91. The van der Waals surface area contributed by atoms with E-state index < -0.39 is 27.2 Å². The molecular weight excluding hydrogens is 292 g/mol. The lowest BCUT2D eigenvalue weighted by molar-refractivity contribution is -0.394. The van der Waals surface area contributed by atoms with Gasteiger partial charge in [-0.1, -0.05) is 6.92 Å². The Labute approximate surface area is 126 Å². The van der Waals surface area contributed by atoms with Crippen LogP contribution in [0, 0.1) is 26.1 Å². The fraction of sp³-hybridized carbons (Fsp3) is 0.500. The van der Waals surface area contributed by atoms with Crippen molar-refractivity contribution >= 4 is 17.3 Å². The van der Waals surface area contributed by atoms with Crippen LogP contribution in [0.3, 0.4) is 0 Å². The van der Waals surface area contributed by atoms with Gasteiger partial charge in [0.25, 0.3) is 11.4 Å². The number of rotatable bonds is 4. The molecule has 0 atom stereocenters. The Morgan fingerprint density at radius 3 is 2.00 bits per heavy atom. The van der Waals surface area contributed by atoms with Gasteiger partial charge >= 0.3 is 5.97 Å². The van der Waals surface area contributed by atoms with Gasteiger partial charge in [0.2, 0.25) is 0 Å². The number of carbonyl (C=O) groups excluding carboxylic acids is 1. The van der Waals surface area contributed by atoms with E-state index in [0.29, 0.717) is 5.92 Å². The molecule has 1 aliphatic carbocycles. The SMILES string of the molecule is CC1CCC(OC(=O)c2cc([N+](=O)[O-])cc([N+](=O)[O-])c2)CC1. The molecule has 0 unspecified atom stereocenters. The van der Waals surface area contributed by atoms with Gasteiger partial charge < -0.3 is 4.74 Å². The van der Waals surface area contributed by atoms with Gasteiger partial charge in [-0.15, -0.1) is 0 Å². The van der Waals surface area contributed by atoms with Crippen molar-refractivity contribution in [2.75, 3.05) is 0 Å². The minimum atomic E-state index is -0.772. The lowest BCUT2D eigenvalue weighted by Gasteiger charge is -2.25. The van der Waals surface area contributed by atoms with Crippen LogP contribution in [0.25, 0.3) is 0 Å². The topological polar surface area (TPSA) is 113 Å². The normalized spacial score (nSPS) is 21.1. The van der Waals surface area contributed by atoms with Crippen LogP contribution in [0.4, 0.5) is 11.4 Å². The lowest BCUT2D eigenvalue weighted by Crippen LogP contribution is -2.23. The molecule has 1 saturated carbocycles. The van der Waals surface area contributed by atoms with Gasteiger partial charge in [0.1, 0.15) is 6.10 Å². The van der Waals surface area contributed by atoms with Crippen LogP contribution < -0.4 is 0 Å². The second-order valence-corrected chi connectivity index (χ2v) is 5.54. The zero-order valence-corrected chi connectivity index (χ0v) is 12.1. The molecule has 0 heterocycles. The van der Waals surface area contributed by atoms with Crippen LogP contribution in [0.5, 0.6) is 0 Å². The number of ether oxygens (including phenoxy) is 1. The second kappa shape index (κ2) is 6.50. The number of benzene rings is 1. The molecule has 1 aromatic carbocycles. The minimum Gasteiger partial charge on any atom is -0.459 e. The van der Waals surface area contributed by atoms with E-state index in [-0.39, 0.29) is 11.7 Å². The molecule has 0 amide bonds. The molecule has 0 radical (unpaired) electrons. The average Bonchev–Trinajstić information content (AvgIpc) is 2.49. The van der Waals surface area contributed by atoms with Gasteiger partial charge in [0, 0.05) is 12.1 Å². The standard InChI is InChI=1S/C14H16N2O6/c1-9-2-4-13(5-3-9)22-14(17)10-6-11(15(18)19)8-12(7-10)16(20)21/h6-9,13H,2-5H2,1H3. The Bertz CT molecular complexity index is 575. The molecule has 118 valence electrons. The summed E-state index contributed by atoms with van der Waals surface area (Å²) in [7, 11) is 0. The van der Waals surface area contributed by atoms with E-state index >= 15 is 0 Å². The van der Waals surface area contributed by atoms with Crippen molar-refractivity contribution < 1.29 is 19.4 Å². The van der Waals surface area contributed by atoms with Crippen molar-refractivity contribution in [3.05, 3.63) is 44.0 Å². The fourth-order valence-electron chi connectivity index (χ4n) is 2.49. The third-order valence-electron chi connectivity index (χ3n) is 3.80. The van der Waals surface area contributed by atoms with Gasteiger partial charge in [0.05, 0.1) is 21.5 Å². The molecule has 22 heavy (non-hydrogen) atoms. The number of carbonyl (C=O) groups is 1. The minimum absolute atomic E-state index is 0.167. The van der Waals surface area contributed by atoms with E-state index in [1.54, 1.807) is 0 Å². The van der Waals surface area contributed by atoms with Crippen molar-refractivity contribution in [3.8, 4) is 0 Å². The fourth-order valence-corrected chi connectivity index (χ4v) is 2.49. The van der Waals surface area contributed by atoms with E-state index in [2.05, 4.69) is 6.92 Å². The summed E-state index contributed by atoms with van der Waals surface area (Å²) < 4.78 is 5.31. The maximum Gasteiger partial charge on any atom is 0.338 e. The number of nitrogens with zero attached hydrogens (tertiary/aromatic N) is 2. The molecule has 0 saturated heterocycles. The van der Waals surface area contributed by atoms with Crippen molar-refractivity contribution in [3.63, 3.8) is 0 Å². The first-order valence-electron chi connectivity index (χ1n) is 7.01. The number of nitro groups is 2. The van der Waals surface area contributed by atoms with E-state index in [1.165, 1.54) is 0 Å². The second-order valence-electron chi connectivity index (χ2n) is 5.54. The van der Waals surface area contributed by atoms with Crippen molar-refractivity contribution in [2.45, 2.75) is 38.7 Å². The first-order valence-corrected chi connectivity index (χ1v) is 7.01. The monoisotopic (exact) mass is 308 g/mol. The van der Waals surface area contributed by atoms with Crippen LogP contribution in [-0.4, -0.2) is 21.9 Å². The number of nitro benzene ring substituents is 2. The highest BCUT2D eigenvalue weighted by Crippen LogP contribution is 2.28. The summed E-state index contributed by atoms with van der Waals surface area (Å²) in [6, 6.07) is 2.82. The molecule has 2 rings (SSSR count). The summed E-state index contributed by atoms with van der Waals surface area (Å²) in [5, 5.41) is 21.6. The zero-order valence-electron chi connectivity index (χ0n) is 12.1. The van der Waals surface area contributed by atoms with Crippen LogP contribution >= 0.6 is 0 Å². The predicted molar refractivity (Wildman–Crippen MR) is 76.6 cm³/mol. The molecular formula is C14H16N2O6. The van der Waals surface area contributed by atoms with Gasteiger partial charge in [0.15, 0.2) is 0 Å². The van der Waals surface area contributed by atoms with E-state index in [1.807, 2.05) is 0 Å². The van der Waals surface area contributed by atoms with Crippen LogP contribution in [0.15, 0.2) is 18.2 Å². The predicted octanol–water partition coefficient (Wildman–Crippen LogP) is 3.24. The van der Waals surface area contributed by atoms with Crippen molar-refractivity contribution in [2.24, 2.45) is 5.92 Å². The lowest BCUT2D eigenvalue weighted by atomic mass is 9.89. The molecule has 8 heteroatoms. The molecule has 1 aliphatic rings. The third-order valence-corrected chi connectivity index (χ3v) is 3.80. The summed E-state index contributed by atoms with van der Waals surface area (Å²) in [4.78, 5) is 32.1. The average molecular weight is 308 g/mol. The summed E-state index contributed by atoms with van der Waals surface area (Å²) >= 11 is 0. The molecule has 8 nitrogen and oxygen atoms in total. The molecule has 0 spiro atoms. The van der Waals surface area contributed by atoms with Crippen LogP contribution in [0.1, 0.15) is 43.0 Å². The Kier molecular flexibility index (Phi) is 4.69. The zero-order chi connectivity index (χ0) is 16.3. The number of esters is 1. The van der Waals surface area contributed by atoms with E-state index in [4.69, 9.17) is 4.74 Å². The molecule has 0 aliphatic heterocycles. The Morgan fingerprint density at radius 1 is 1.05 bits per heavy atom. The number of hydrogen-bond donors (Lipinski definition) is 0.